The number of rotatable bonds is 17. The normalized spacial score (nSPS) is 14.0. The molecule has 3 atom stereocenters. The maximum Gasteiger partial charge on any atom is 1.00 e. The molecule has 3 unspecified atom stereocenters. The van der Waals surface area contributed by atoms with Crippen LogP contribution in [-0.4, -0.2) is 166 Å². The van der Waals surface area contributed by atoms with Crippen molar-refractivity contribution in [3.8, 4) is 81.3 Å². The van der Waals surface area contributed by atoms with Gasteiger partial charge in [-0.1, -0.05) is 36.1 Å². The van der Waals surface area contributed by atoms with E-state index in [2.05, 4.69) is 48.3 Å². The van der Waals surface area contributed by atoms with Crippen molar-refractivity contribution < 1.29 is 118 Å². The Labute approximate surface area is 830 Å². The van der Waals surface area contributed by atoms with Crippen LogP contribution >= 0.6 is 15.9 Å². The van der Waals surface area contributed by atoms with Gasteiger partial charge in [-0.3, -0.25) is 62.5 Å². The average molecular weight is 1990 g/mol. The van der Waals surface area contributed by atoms with E-state index in [4.69, 9.17) is 58.0 Å². The number of aliphatic carboxylic acids is 1. The van der Waals surface area contributed by atoms with Gasteiger partial charge in [0, 0.05) is 71.5 Å². The standard InChI is InChI=1S/C31H30FN5O5.C26H22FN5O3.C25H24BrFN4O4.C6H13NO2.C6H7NO.C2HF3O.3CH4.Na/c1-18-8-10-21(17-34-18)41-26-14-19(16-33)13-22-27(26)35-28(24-7-6-12-36(24)30(39)42-31(2,3)4)37(29(22)38)20-9-11-25(40-5)23(32)15-20;1-15-5-7-18(14-30-15)35-23-11-16(13-28)10-19-24(23)31-25(21-4-3-9-29-21)32(26(19)33)17-6-8-22(34-2)20(27)12-17;1-25(2,3)35-24(33)30-9-5-6-19(30)22-29-21-16(10-14(13-28)11-17(21)26)23(32)31(22)15-7-8-20(34-4)18(27)12-15;1-3-7(4-2)5-6(8)9;1-5-2-3-6(8)4-7-5;3-2(4,5)1-6;;;;/h8-11,13-15,17,24H,6-7,12H2,1-5H3;5-8,10-12,14,21,29H,3-4,9H2,1-2H3;7-8,10-12,19H,5-6,9H2,1-4H3;3-5H2,1-2H3,(H,8,9);2-4,8H,1H3;1H;3*1H4;/q;;;;;;;;;+1/p-1. The number of benzene rings is 6. The molecule has 2 N–H and O–H groups in total. The first-order chi connectivity index (χ1) is 64.0. The van der Waals surface area contributed by atoms with Crippen molar-refractivity contribution in [2.24, 2.45) is 0 Å². The van der Waals surface area contributed by atoms with E-state index in [0.717, 1.165) is 49.6 Å². The molecule has 32 nitrogen and oxygen atoms in total. The number of nitriles is 3. The number of likely N-dealkylation sites (N-methyl/N-ethyl adjacent to an activating group) is 1. The van der Waals surface area contributed by atoms with Crippen molar-refractivity contribution in [1.82, 2.24) is 63.6 Å². The first kappa shape index (κ1) is 114. The number of ether oxygens (including phenoxy) is 7. The summed E-state index contributed by atoms with van der Waals surface area (Å²) in [5, 5.41) is 51.2. The predicted molar refractivity (Wildman–Crippen MR) is 507 cm³/mol. The van der Waals surface area contributed by atoms with Crippen LogP contribution in [0.4, 0.5) is 35.9 Å². The second-order valence-corrected chi connectivity index (χ2v) is 33.5. The number of aryl methyl sites for hydroxylation is 3. The fourth-order valence-electron chi connectivity index (χ4n) is 14.4. The van der Waals surface area contributed by atoms with Gasteiger partial charge in [-0.2, -0.15) is 29.0 Å². The summed E-state index contributed by atoms with van der Waals surface area (Å²) in [7, 11) is 4.08. The van der Waals surface area contributed by atoms with Crippen LogP contribution in [0.15, 0.2) is 165 Å². The number of carboxylic acid groups (broad SMARTS) is 1. The molecule has 40 heteroatoms. The van der Waals surface area contributed by atoms with Gasteiger partial charge in [0.05, 0.1) is 138 Å². The Morgan fingerprint density at radius 3 is 1.19 bits per heavy atom. The molecular formula is C99H108BrF6N16NaO16. The molecule has 0 spiro atoms. The van der Waals surface area contributed by atoms with Crippen LogP contribution in [-0.2, 0) is 19.1 Å². The topological polar surface area (TPSA) is 413 Å². The Morgan fingerprint density at radius 1 is 0.532 bits per heavy atom. The summed E-state index contributed by atoms with van der Waals surface area (Å²) in [4.78, 5) is 119. The Bertz CT molecular complexity index is 6670. The summed E-state index contributed by atoms with van der Waals surface area (Å²) in [6.07, 6.45) is 1.81. The Kier molecular flexibility index (Phi) is 41.3. The number of aldehydes is 1. The number of likely N-dealkylation sites (tertiary alicyclic amines) is 2. The fourth-order valence-corrected chi connectivity index (χ4v) is 15.0. The number of amides is 2. The largest absolute Gasteiger partial charge is 1.00 e. The van der Waals surface area contributed by atoms with E-state index in [1.807, 2.05) is 40.7 Å². The van der Waals surface area contributed by atoms with E-state index in [1.54, 1.807) is 118 Å². The minimum Gasteiger partial charge on any atom is -0.549 e. The van der Waals surface area contributed by atoms with Crippen LogP contribution < -0.4 is 80.3 Å². The number of hydrogen-bond acceptors (Lipinski definition) is 27. The number of alkyl halides is 3. The number of carbonyl (C=O) groups is 4. The summed E-state index contributed by atoms with van der Waals surface area (Å²) in [6.45, 7) is 23.3. The number of nitrogens with zero attached hydrogens (tertiary/aromatic N) is 15. The zero-order chi connectivity index (χ0) is 98.7. The van der Waals surface area contributed by atoms with Crippen LogP contribution in [0.3, 0.4) is 0 Å². The zero-order valence-electron chi connectivity index (χ0n) is 77.1. The molecule has 3 saturated heterocycles. The molecule has 2 amide bonds. The van der Waals surface area contributed by atoms with Gasteiger partial charge in [-0.05, 0) is 233 Å². The molecule has 139 heavy (non-hydrogen) atoms. The molecule has 3 aliphatic rings. The van der Waals surface area contributed by atoms with Gasteiger partial charge in [0.15, 0.2) is 46.2 Å². The number of carboxylic acids is 1. The number of nitrogens with one attached hydrogen (secondary N) is 1. The van der Waals surface area contributed by atoms with Gasteiger partial charge in [-0.15, -0.1) is 0 Å². The number of methoxy groups -OCH3 is 3. The molecule has 12 aromatic rings. The van der Waals surface area contributed by atoms with Crippen molar-refractivity contribution in [1.29, 1.82) is 15.8 Å². The summed E-state index contributed by atoms with van der Waals surface area (Å²) >= 11 is 3.42. The monoisotopic (exact) mass is 1990 g/mol. The molecule has 0 radical (unpaired) electrons. The third-order valence-corrected chi connectivity index (χ3v) is 21.3. The van der Waals surface area contributed by atoms with E-state index in [-0.39, 0.29) is 160 Å². The molecule has 0 aliphatic carbocycles. The minimum absolute atomic E-state index is 0. The molecule has 15 rings (SSSR count). The number of halogens is 7. The van der Waals surface area contributed by atoms with Gasteiger partial charge < -0.3 is 53.5 Å². The first-order valence-electron chi connectivity index (χ1n) is 42.3. The number of fused-ring (bicyclic) bond motifs is 3. The third kappa shape index (κ3) is 29.4. The molecule has 0 saturated carbocycles. The summed E-state index contributed by atoms with van der Waals surface area (Å²) in [6, 6.07) is 36.7. The van der Waals surface area contributed by atoms with E-state index < -0.39 is 88.0 Å². The molecule has 9 heterocycles. The molecule has 6 aromatic carbocycles. The van der Waals surface area contributed by atoms with Gasteiger partial charge in [0.2, 0.25) is 6.29 Å². The number of pyridine rings is 3. The molecule has 3 aliphatic heterocycles. The van der Waals surface area contributed by atoms with E-state index >= 15 is 0 Å². The van der Waals surface area contributed by atoms with E-state index in [1.165, 1.54) is 119 Å². The second-order valence-electron chi connectivity index (χ2n) is 32.7. The van der Waals surface area contributed by atoms with E-state index in [9.17, 15) is 76.0 Å². The molecular weight excluding hydrogens is 1890 g/mol. The van der Waals surface area contributed by atoms with Crippen LogP contribution in [0.2, 0.25) is 0 Å². The minimum atomic E-state index is -4.64. The Morgan fingerprint density at radius 2 is 0.892 bits per heavy atom. The van der Waals surface area contributed by atoms with Crippen LogP contribution in [0.1, 0.15) is 186 Å². The van der Waals surface area contributed by atoms with Gasteiger partial charge in [-0.25, -0.2) is 37.7 Å². The number of aromatic hydroxyl groups is 1. The van der Waals surface area contributed by atoms with Crippen molar-refractivity contribution in [2.75, 3.05) is 60.6 Å². The Hall–Kier alpha value is -13.9. The third-order valence-electron chi connectivity index (χ3n) is 20.7. The quantitative estimate of drug-likeness (QED) is 0.0485. The number of aromatic nitrogens is 9. The fraction of sp³-hybridized carbons (Fsp3) is 0.354. The zero-order valence-corrected chi connectivity index (χ0v) is 80.7. The number of carbonyl (C=O) groups excluding carboxylic acids is 4. The van der Waals surface area contributed by atoms with Crippen LogP contribution in [0.5, 0.6) is 46.0 Å². The molecule has 730 valence electrons. The summed E-state index contributed by atoms with van der Waals surface area (Å²) < 4.78 is 118. The molecule has 3 fully saturated rings. The summed E-state index contributed by atoms with van der Waals surface area (Å²) in [5.41, 5.74) is 1.93. The first-order valence-corrected chi connectivity index (χ1v) is 43.1. The Balaban J connectivity index is 0.000000283. The predicted octanol–water partition coefficient (Wildman–Crippen LogP) is 15.4. The smallest absolute Gasteiger partial charge is 0.549 e. The van der Waals surface area contributed by atoms with Crippen LogP contribution in [0, 0.1) is 72.2 Å². The maximum atomic E-state index is 14.9. The SMILES string of the molecule is C.C.C.CCN(CC)CC(=O)[O-].COc1ccc(-n2c(C3CCCN3)nc3c(Oc4ccc(C)nc4)cc(C#N)cc3c2=O)cc1F.COc1ccc(-n2c(C3CCCN3C(=O)OC(C)(C)C)nc3c(Br)cc(C#N)cc3c2=O)cc1F.COc1ccc(-n2c(C3CCCN3C(=O)OC(C)(C)C)nc3c(Oc4ccc(C)nc4)cc(C#N)cc3c2=O)cc1F.Cc1ccc(O)cn1.O=CC(F)(F)F.[Na+]. The number of hydrogen-bond donors (Lipinski definition) is 2. The van der Waals surface area contributed by atoms with Crippen molar-refractivity contribution in [3.63, 3.8) is 0 Å². The maximum absolute atomic E-state index is 14.9. The van der Waals surface area contributed by atoms with Gasteiger partial charge in [0.1, 0.15) is 57.0 Å². The van der Waals surface area contributed by atoms with E-state index in [0.29, 0.717) is 77.3 Å². The molecule has 0 bridgehead atoms. The van der Waals surface area contributed by atoms with Crippen molar-refractivity contribution in [2.45, 2.75) is 172 Å². The average Bonchev–Trinajstić information content (AvgIpc) is 1.54. The summed E-state index contributed by atoms with van der Waals surface area (Å²) in [5.74, 6) is -0.376. The molecule has 6 aromatic heterocycles. The van der Waals surface area contributed by atoms with Crippen LogP contribution in [0.25, 0.3) is 49.8 Å². The van der Waals surface area contributed by atoms with Crippen molar-refractivity contribution in [3.05, 3.63) is 250 Å². The van der Waals surface area contributed by atoms with Gasteiger partial charge >= 0.3 is 47.9 Å². The van der Waals surface area contributed by atoms with Crippen molar-refractivity contribution >= 4 is 73.1 Å². The van der Waals surface area contributed by atoms with Gasteiger partial charge in [0.25, 0.3) is 16.7 Å². The second kappa shape index (κ2) is 50.4.